The number of amides is 5. The van der Waals surface area contributed by atoms with Crippen LogP contribution < -0.4 is 57.4 Å². The van der Waals surface area contributed by atoms with Gasteiger partial charge in [0.1, 0.15) is 43.9 Å². The lowest BCUT2D eigenvalue weighted by molar-refractivity contribution is -0.141. The fourth-order valence-electron chi connectivity index (χ4n) is 8.15. The highest BCUT2D eigenvalue weighted by Gasteiger charge is 2.37. The number of aromatic nitrogens is 2. The lowest BCUT2D eigenvalue weighted by Gasteiger charge is -2.33. The van der Waals surface area contributed by atoms with Crippen molar-refractivity contribution in [1.29, 1.82) is 5.26 Å². The van der Waals surface area contributed by atoms with Gasteiger partial charge in [0.2, 0.25) is 23.6 Å². The van der Waals surface area contributed by atoms with Crippen molar-refractivity contribution in [2.24, 2.45) is 17.2 Å². The predicted octanol–water partition coefficient (Wildman–Crippen LogP) is 2.25. The first-order valence-corrected chi connectivity index (χ1v) is 22.9. The van der Waals surface area contributed by atoms with Crippen molar-refractivity contribution in [1.82, 2.24) is 36.1 Å². The van der Waals surface area contributed by atoms with E-state index in [0.29, 0.717) is 33.9 Å². The predicted molar refractivity (Wildman–Crippen MR) is 262 cm³/mol. The third-order valence-electron chi connectivity index (χ3n) is 11.7. The zero-order valence-corrected chi connectivity index (χ0v) is 41.3. The largest absolute Gasteiger partial charge is 0.492 e. The molecule has 2 heterocycles. The summed E-state index contributed by atoms with van der Waals surface area (Å²) in [6, 6.07) is 10.9. The molecule has 3 aromatic carbocycles. The first kappa shape index (κ1) is 53.6. The van der Waals surface area contributed by atoms with E-state index in [-0.39, 0.29) is 91.8 Å². The Kier molecular flexibility index (Phi) is 18.2. The number of rotatable bonds is 17. The van der Waals surface area contributed by atoms with E-state index >= 15 is 0 Å². The molecule has 0 fully saturated rings. The van der Waals surface area contributed by atoms with Crippen molar-refractivity contribution in [3.63, 3.8) is 0 Å². The summed E-state index contributed by atoms with van der Waals surface area (Å²) < 4.78 is 24.2. The van der Waals surface area contributed by atoms with Crippen LogP contribution in [0.1, 0.15) is 78.6 Å². The van der Waals surface area contributed by atoms with Crippen molar-refractivity contribution in [3.05, 3.63) is 82.2 Å². The summed E-state index contributed by atoms with van der Waals surface area (Å²) in [5.74, 6) is -2.40. The molecule has 20 heteroatoms. The summed E-state index contributed by atoms with van der Waals surface area (Å²) in [7, 11) is 4.24. The Morgan fingerprint density at radius 2 is 1.46 bits per heavy atom. The van der Waals surface area contributed by atoms with Crippen molar-refractivity contribution in [3.8, 4) is 51.6 Å². The second-order valence-corrected chi connectivity index (χ2v) is 17.8. The van der Waals surface area contributed by atoms with Crippen LogP contribution in [-0.4, -0.2) is 123 Å². The molecule has 5 rings (SSSR count). The Hall–Kier alpha value is -7.34. The SMILES string of the molecule is COc1c(OCCN)cc2cc1-c1cc(cc(OCCN)c1OC)[C@H](N(C)C(=O)C(CCN)NC(=O)c1c(C)nc(-c3ccc(C(C)(C)C)cc3)nc1C)C(=O)N[C@@H](C)C(=O)N[C@H](C(=O)NCC#N)C2. The molecule has 4 bridgehead atoms. The normalized spacial score (nSPS) is 16.3. The van der Waals surface area contributed by atoms with Gasteiger partial charge < -0.3 is 62.3 Å². The summed E-state index contributed by atoms with van der Waals surface area (Å²) in [4.78, 5) is 82.0. The molecule has 1 unspecified atom stereocenters. The molecular formula is C50H65N11O9. The van der Waals surface area contributed by atoms with Crippen LogP contribution in [0.4, 0.5) is 0 Å². The Labute approximate surface area is 408 Å². The Morgan fingerprint density at radius 3 is 2.00 bits per heavy atom. The number of nitriles is 1. The Bertz CT molecular complexity index is 2590. The number of likely N-dealkylation sites (N-methyl/N-ethyl adjacent to an activating group) is 1. The molecule has 0 aliphatic carbocycles. The van der Waals surface area contributed by atoms with Gasteiger partial charge in [-0.15, -0.1) is 0 Å². The Balaban J connectivity index is 1.66. The van der Waals surface area contributed by atoms with Gasteiger partial charge in [-0.2, -0.15) is 5.26 Å². The minimum atomic E-state index is -1.53. The summed E-state index contributed by atoms with van der Waals surface area (Å²) in [6.07, 6.45) is -0.143. The molecule has 1 aliphatic heterocycles. The van der Waals surface area contributed by atoms with Gasteiger partial charge in [0.15, 0.2) is 28.8 Å². The number of methoxy groups -OCH3 is 2. The molecule has 0 spiro atoms. The van der Waals surface area contributed by atoms with Crippen LogP contribution in [0.15, 0.2) is 48.5 Å². The lowest BCUT2D eigenvalue weighted by Crippen LogP contribution is -2.56. The van der Waals surface area contributed by atoms with Gasteiger partial charge in [-0.25, -0.2) is 9.97 Å². The van der Waals surface area contributed by atoms with Gasteiger partial charge in [0.05, 0.1) is 37.2 Å². The van der Waals surface area contributed by atoms with Crippen molar-refractivity contribution in [2.75, 3.05) is 60.7 Å². The van der Waals surface area contributed by atoms with Crippen molar-refractivity contribution >= 4 is 29.5 Å². The molecule has 0 saturated heterocycles. The van der Waals surface area contributed by atoms with Crippen LogP contribution in [-0.2, 0) is 31.0 Å². The highest BCUT2D eigenvalue weighted by Crippen LogP contribution is 2.48. The fraction of sp³-hybridized carbons (Fsp3) is 0.440. The topological polar surface area (TPSA) is 301 Å². The maximum atomic E-state index is 14.9. The van der Waals surface area contributed by atoms with Crippen LogP contribution >= 0.6 is 0 Å². The smallest absolute Gasteiger partial charge is 0.255 e. The number of nitrogens with two attached hydrogens (primary N) is 3. The minimum absolute atomic E-state index is 0.0151. The van der Waals surface area contributed by atoms with E-state index < -0.39 is 53.7 Å². The molecule has 374 valence electrons. The molecule has 4 atom stereocenters. The zero-order valence-electron chi connectivity index (χ0n) is 41.3. The number of fused-ring (bicyclic) bond motifs is 5. The molecule has 0 saturated carbocycles. The molecular weight excluding hydrogens is 899 g/mol. The minimum Gasteiger partial charge on any atom is -0.492 e. The van der Waals surface area contributed by atoms with Crippen LogP contribution in [0.25, 0.3) is 22.5 Å². The second kappa shape index (κ2) is 23.8. The summed E-state index contributed by atoms with van der Waals surface area (Å²) in [5, 5.41) is 20.0. The molecule has 0 radical (unpaired) electrons. The second-order valence-electron chi connectivity index (χ2n) is 17.8. The van der Waals surface area contributed by atoms with E-state index in [4.69, 9.17) is 36.1 Å². The van der Waals surface area contributed by atoms with Crippen molar-refractivity contribution in [2.45, 2.75) is 84.0 Å². The first-order chi connectivity index (χ1) is 33.3. The lowest BCUT2D eigenvalue weighted by atomic mass is 9.86. The number of hydrogen-bond donors (Lipinski definition) is 7. The van der Waals surface area contributed by atoms with Gasteiger partial charge in [-0.05, 0) is 80.1 Å². The number of aryl methyl sites for hydroxylation is 2. The highest BCUT2D eigenvalue weighted by molar-refractivity contribution is 6.01. The van der Waals surface area contributed by atoms with E-state index in [1.54, 1.807) is 32.0 Å². The number of nitrogens with one attached hydrogen (secondary N) is 4. The van der Waals surface area contributed by atoms with Gasteiger partial charge in [0.25, 0.3) is 5.91 Å². The van der Waals surface area contributed by atoms with E-state index in [0.717, 1.165) is 16.0 Å². The number of nitrogens with zero attached hydrogens (tertiary/aromatic N) is 4. The molecule has 1 aromatic heterocycles. The Morgan fingerprint density at radius 1 is 0.871 bits per heavy atom. The fourth-order valence-corrected chi connectivity index (χ4v) is 8.15. The number of carbonyl (C=O) groups excluding carboxylic acids is 5. The number of benzene rings is 3. The molecule has 20 nitrogen and oxygen atoms in total. The molecule has 4 aromatic rings. The number of hydrogen-bond acceptors (Lipinski definition) is 15. The quantitative estimate of drug-likeness (QED) is 0.0747. The molecule has 1 aliphatic rings. The van der Waals surface area contributed by atoms with Gasteiger partial charge in [0, 0.05) is 43.2 Å². The van der Waals surface area contributed by atoms with Crippen molar-refractivity contribution < 1.29 is 42.9 Å². The third-order valence-corrected chi connectivity index (χ3v) is 11.7. The average molecular weight is 964 g/mol. The van der Waals surface area contributed by atoms with Crippen LogP contribution in [0, 0.1) is 25.2 Å². The standard InChI is InChI=1S/C50H65N11O9/c1-27-40(28(2)57-44(56-27)31-10-12-33(13-11-31)50(4,5)6)47(64)59-36(14-15-51)49(66)61(7)41-32-25-35(43(68-9)39(26-32)70-21-18-54)34-22-30(24-38(42(34)67-8)69-20-17-53)23-37(46(63)55-19-16-52)60-45(62)29(3)58-48(41)65/h10-13,22,24-26,29,36-37,41H,14-15,17-21,23,51,53-54H2,1-9H3,(H,55,63)(H,58,65)(H,59,64)(H,60,62)/t29-,36?,37-,41-/m0/s1. The highest BCUT2D eigenvalue weighted by atomic mass is 16.5. The number of ether oxygens (including phenoxy) is 4. The first-order valence-electron chi connectivity index (χ1n) is 22.9. The summed E-state index contributed by atoms with van der Waals surface area (Å²) >= 11 is 0. The summed E-state index contributed by atoms with van der Waals surface area (Å²) in [5.41, 5.74) is 21.9. The average Bonchev–Trinajstić information content (AvgIpc) is 3.32. The van der Waals surface area contributed by atoms with Crippen LogP contribution in [0.2, 0.25) is 0 Å². The van der Waals surface area contributed by atoms with Gasteiger partial charge >= 0.3 is 0 Å². The van der Waals surface area contributed by atoms with Gasteiger partial charge in [-0.1, -0.05) is 45.0 Å². The maximum Gasteiger partial charge on any atom is 0.255 e. The number of carbonyl (C=O) groups is 5. The van der Waals surface area contributed by atoms with Crippen LogP contribution in [0.3, 0.4) is 0 Å². The van der Waals surface area contributed by atoms with E-state index in [1.807, 2.05) is 30.3 Å². The van der Waals surface area contributed by atoms with E-state index in [1.165, 1.54) is 34.3 Å². The molecule has 10 N–H and O–H groups in total. The van der Waals surface area contributed by atoms with Crippen LogP contribution in [0.5, 0.6) is 23.0 Å². The maximum absolute atomic E-state index is 14.9. The molecule has 70 heavy (non-hydrogen) atoms. The van der Waals surface area contributed by atoms with Gasteiger partial charge in [-0.3, -0.25) is 24.0 Å². The molecule has 5 amide bonds. The summed E-state index contributed by atoms with van der Waals surface area (Å²) in [6.45, 7) is 11.1. The monoisotopic (exact) mass is 963 g/mol. The zero-order chi connectivity index (χ0) is 51.4. The van der Waals surface area contributed by atoms with E-state index in [9.17, 15) is 29.2 Å². The third kappa shape index (κ3) is 12.5. The van der Waals surface area contributed by atoms with E-state index in [2.05, 4.69) is 52.0 Å².